The lowest BCUT2D eigenvalue weighted by Crippen LogP contribution is -2.32. The van der Waals surface area contributed by atoms with Gasteiger partial charge in [-0.2, -0.15) is 0 Å². The maximum absolute atomic E-state index is 5.07. The molecule has 2 aliphatic rings. The number of hydrogen-bond donors (Lipinski definition) is 0. The smallest absolute Gasteiger partial charge is 0.160 e. The Morgan fingerprint density at radius 2 is 1.15 bits per heavy atom. The van der Waals surface area contributed by atoms with Crippen LogP contribution in [0.4, 0.5) is 0 Å². The van der Waals surface area contributed by atoms with Crippen molar-refractivity contribution in [3.8, 4) is 39.6 Å². The van der Waals surface area contributed by atoms with Crippen LogP contribution in [0.1, 0.15) is 43.2 Å². The van der Waals surface area contributed by atoms with Gasteiger partial charge in [0.15, 0.2) is 5.82 Å². The van der Waals surface area contributed by atoms with Gasteiger partial charge in [0.25, 0.3) is 0 Å². The molecule has 2 aromatic heterocycles. The van der Waals surface area contributed by atoms with Crippen LogP contribution in [-0.2, 0) is 17.3 Å². The first kappa shape index (κ1) is 27.7. The Morgan fingerprint density at radius 1 is 0.574 bits per heavy atom. The largest absolute Gasteiger partial charge is 0.313 e. The number of rotatable bonds is 4. The number of para-hydroxylation sites is 1. The SMILES string of the molecule is CC1(C)C2=Cc3c(n(-c4ccc(-c5cc(-c6ccccc6)nc(-c6ccccc6)n5)cc4)c4ccccc34)CC2(C)c2ccccc21. The zero-order chi connectivity index (χ0) is 31.8. The lowest BCUT2D eigenvalue weighted by Gasteiger charge is -2.36. The molecule has 2 aliphatic carbocycles. The molecule has 3 nitrogen and oxygen atoms in total. The Kier molecular flexibility index (Phi) is 6.04. The van der Waals surface area contributed by atoms with Crippen LogP contribution in [0.2, 0.25) is 0 Å². The molecule has 226 valence electrons. The quantitative estimate of drug-likeness (QED) is 0.200. The predicted octanol–water partition coefficient (Wildman–Crippen LogP) is 10.6. The fourth-order valence-corrected chi connectivity index (χ4v) is 8.30. The van der Waals surface area contributed by atoms with Crippen LogP contribution in [0.15, 0.2) is 145 Å². The molecular formula is C44H35N3. The molecule has 0 fully saturated rings. The molecule has 0 N–H and O–H groups in total. The molecule has 0 saturated carbocycles. The lowest BCUT2D eigenvalue weighted by molar-refractivity contribution is 0.500. The summed E-state index contributed by atoms with van der Waals surface area (Å²) in [5.74, 6) is 0.729. The molecule has 0 bridgehead atoms. The van der Waals surface area contributed by atoms with Crippen molar-refractivity contribution in [3.05, 3.63) is 167 Å². The molecular weight excluding hydrogens is 571 g/mol. The van der Waals surface area contributed by atoms with Gasteiger partial charge in [-0.3, -0.25) is 0 Å². The van der Waals surface area contributed by atoms with Crippen LogP contribution >= 0.6 is 0 Å². The number of allylic oxidation sites excluding steroid dienone is 1. The van der Waals surface area contributed by atoms with Crippen molar-refractivity contribution in [2.75, 3.05) is 0 Å². The molecule has 0 spiro atoms. The van der Waals surface area contributed by atoms with E-state index < -0.39 is 0 Å². The summed E-state index contributed by atoms with van der Waals surface area (Å²) in [6.45, 7) is 7.24. The van der Waals surface area contributed by atoms with Crippen molar-refractivity contribution >= 4 is 17.0 Å². The molecule has 5 aromatic carbocycles. The standard InChI is InChI=1S/C44H35N3/c1-43(2)35-19-11-12-20-36(35)44(3)28-40-34(26-41(43)44)33-18-10-13-21-39(33)47(40)32-24-22-30(23-25-32)38-27-37(29-14-6-4-7-15-29)45-42(46-38)31-16-8-5-9-17-31/h4-27H,28H2,1-3H3. The van der Waals surface area contributed by atoms with Gasteiger partial charge < -0.3 is 4.57 Å². The van der Waals surface area contributed by atoms with E-state index in [0.29, 0.717) is 0 Å². The highest BCUT2D eigenvalue weighted by Gasteiger charge is 2.51. The minimum absolute atomic E-state index is 0.0113. The Hall–Kier alpha value is -5.54. The van der Waals surface area contributed by atoms with Crippen molar-refractivity contribution in [3.63, 3.8) is 0 Å². The van der Waals surface area contributed by atoms with Crippen molar-refractivity contribution in [2.45, 2.75) is 38.0 Å². The molecule has 0 radical (unpaired) electrons. The van der Waals surface area contributed by atoms with Crippen LogP contribution < -0.4 is 0 Å². The van der Waals surface area contributed by atoms with Gasteiger partial charge in [0.2, 0.25) is 0 Å². The summed E-state index contributed by atoms with van der Waals surface area (Å²) >= 11 is 0. The van der Waals surface area contributed by atoms with E-state index in [1.54, 1.807) is 0 Å². The Balaban J connectivity index is 1.18. The summed E-state index contributed by atoms with van der Waals surface area (Å²) in [6, 6.07) is 49.6. The summed E-state index contributed by atoms with van der Waals surface area (Å²) in [5, 5.41) is 1.31. The monoisotopic (exact) mass is 605 g/mol. The van der Waals surface area contributed by atoms with Crippen LogP contribution in [0.25, 0.3) is 56.6 Å². The van der Waals surface area contributed by atoms with E-state index in [1.807, 2.05) is 24.3 Å². The molecule has 7 aromatic rings. The average molecular weight is 606 g/mol. The van der Waals surface area contributed by atoms with Crippen LogP contribution in [0, 0.1) is 0 Å². The zero-order valence-corrected chi connectivity index (χ0v) is 26.9. The molecule has 3 heteroatoms. The van der Waals surface area contributed by atoms with Gasteiger partial charge in [0, 0.05) is 56.3 Å². The second kappa shape index (κ2) is 10.2. The Labute approximate surface area is 275 Å². The fourth-order valence-electron chi connectivity index (χ4n) is 8.30. The maximum Gasteiger partial charge on any atom is 0.160 e. The van der Waals surface area contributed by atoms with Gasteiger partial charge in [-0.15, -0.1) is 0 Å². The third kappa shape index (κ3) is 4.19. The van der Waals surface area contributed by atoms with Gasteiger partial charge in [-0.05, 0) is 41.0 Å². The summed E-state index contributed by atoms with van der Waals surface area (Å²) in [5.41, 5.74) is 14.5. The molecule has 2 heterocycles. The lowest BCUT2D eigenvalue weighted by atomic mass is 9.68. The number of aromatic nitrogens is 3. The third-order valence-corrected chi connectivity index (χ3v) is 10.5. The Bertz CT molecular complexity index is 2290. The van der Waals surface area contributed by atoms with E-state index in [0.717, 1.165) is 46.0 Å². The van der Waals surface area contributed by atoms with Crippen LogP contribution in [-0.4, -0.2) is 14.5 Å². The minimum atomic E-state index is -0.0538. The van der Waals surface area contributed by atoms with E-state index in [4.69, 9.17) is 9.97 Å². The molecule has 47 heavy (non-hydrogen) atoms. The molecule has 9 rings (SSSR count). The summed E-state index contributed by atoms with van der Waals surface area (Å²) in [4.78, 5) is 10.0. The minimum Gasteiger partial charge on any atom is -0.313 e. The zero-order valence-electron chi connectivity index (χ0n) is 26.9. The maximum atomic E-state index is 5.07. The number of nitrogens with zero attached hydrogens (tertiary/aromatic N) is 3. The first-order chi connectivity index (χ1) is 22.9. The number of benzene rings is 5. The second-order valence-electron chi connectivity index (χ2n) is 13.7. The van der Waals surface area contributed by atoms with E-state index in [2.05, 4.69) is 147 Å². The van der Waals surface area contributed by atoms with E-state index in [-0.39, 0.29) is 10.8 Å². The third-order valence-electron chi connectivity index (χ3n) is 10.5. The highest BCUT2D eigenvalue weighted by Crippen LogP contribution is 2.58. The number of hydrogen-bond acceptors (Lipinski definition) is 2. The van der Waals surface area contributed by atoms with Crippen LogP contribution in [0.5, 0.6) is 0 Å². The highest BCUT2D eigenvalue weighted by atomic mass is 15.0. The second-order valence-corrected chi connectivity index (χ2v) is 13.7. The predicted molar refractivity (Wildman–Crippen MR) is 194 cm³/mol. The Morgan fingerprint density at radius 3 is 1.85 bits per heavy atom. The van der Waals surface area contributed by atoms with Gasteiger partial charge in [0.05, 0.1) is 16.9 Å². The summed E-state index contributed by atoms with van der Waals surface area (Å²) < 4.78 is 2.49. The summed E-state index contributed by atoms with van der Waals surface area (Å²) in [7, 11) is 0. The van der Waals surface area contributed by atoms with Crippen LogP contribution in [0.3, 0.4) is 0 Å². The molecule has 1 unspecified atom stereocenters. The highest BCUT2D eigenvalue weighted by molar-refractivity contribution is 5.95. The normalized spacial score (nSPS) is 17.6. The molecule has 1 atom stereocenters. The molecule has 0 amide bonds. The van der Waals surface area contributed by atoms with E-state index in [9.17, 15) is 0 Å². The topological polar surface area (TPSA) is 30.7 Å². The fraction of sp³-hybridized carbons (Fsp3) is 0.136. The van der Waals surface area contributed by atoms with Gasteiger partial charge in [0.1, 0.15) is 0 Å². The van der Waals surface area contributed by atoms with E-state index in [1.165, 1.54) is 38.9 Å². The van der Waals surface area contributed by atoms with Gasteiger partial charge >= 0.3 is 0 Å². The molecule has 0 saturated heterocycles. The molecule has 0 aliphatic heterocycles. The average Bonchev–Trinajstić information content (AvgIpc) is 3.53. The number of fused-ring (bicyclic) bond motifs is 6. The van der Waals surface area contributed by atoms with Crippen molar-refractivity contribution in [1.29, 1.82) is 0 Å². The van der Waals surface area contributed by atoms with Crippen molar-refractivity contribution in [1.82, 2.24) is 14.5 Å². The van der Waals surface area contributed by atoms with Crippen molar-refractivity contribution < 1.29 is 0 Å². The van der Waals surface area contributed by atoms with E-state index >= 15 is 0 Å². The van der Waals surface area contributed by atoms with Gasteiger partial charge in [-0.1, -0.05) is 142 Å². The van der Waals surface area contributed by atoms with Crippen molar-refractivity contribution in [2.24, 2.45) is 0 Å². The first-order valence-electron chi connectivity index (χ1n) is 16.5. The van der Waals surface area contributed by atoms with Gasteiger partial charge in [-0.25, -0.2) is 9.97 Å². The summed E-state index contributed by atoms with van der Waals surface area (Å²) in [6.07, 6.45) is 3.47. The first-order valence-corrected chi connectivity index (χ1v) is 16.5.